The van der Waals surface area contributed by atoms with Crippen molar-refractivity contribution in [3.8, 4) is 0 Å². The number of carbonyl (C=O) groups excluding carboxylic acids is 1. The highest BCUT2D eigenvalue weighted by atomic mass is 16.5. The van der Waals surface area contributed by atoms with Crippen LogP contribution in [0.25, 0.3) is 0 Å². The van der Waals surface area contributed by atoms with E-state index in [2.05, 4.69) is 32.9 Å². The second-order valence-corrected chi connectivity index (χ2v) is 7.38. The molecule has 2 nitrogen and oxygen atoms in total. The van der Waals surface area contributed by atoms with Gasteiger partial charge in [0.1, 0.15) is 0 Å². The Bertz CT molecular complexity index is 294. The molecule has 0 atom stereocenters. The molecule has 0 saturated carbocycles. The largest absolute Gasteiger partial charge is 0.465 e. The third kappa shape index (κ3) is 19.3. The smallest absolute Gasteiger partial charge is 0.305 e. The molecule has 0 aromatic carbocycles. The summed E-state index contributed by atoms with van der Waals surface area (Å²) in [6.45, 7) is 6.89. The maximum absolute atomic E-state index is 11.5. The van der Waals surface area contributed by atoms with Gasteiger partial charge in [0.05, 0.1) is 6.61 Å². The van der Waals surface area contributed by atoms with Crippen molar-refractivity contribution < 1.29 is 9.53 Å². The van der Waals surface area contributed by atoms with Gasteiger partial charge in [-0.1, -0.05) is 90.7 Å². The number of hydrogen-bond acceptors (Lipinski definition) is 2. The van der Waals surface area contributed by atoms with Crippen molar-refractivity contribution in [3.63, 3.8) is 0 Å². The molecule has 2 heteroatoms. The first kappa shape index (κ1) is 23.2. The van der Waals surface area contributed by atoms with Crippen molar-refractivity contribution in [2.24, 2.45) is 5.92 Å². The van der Waals surface area contributed by atoms with Gasteiger partial charge in [-0.2, -0.15) is 0 Å². The molecule has 0 amide bonds. The monoisotopic (exact) mass is 338 g/mol. The molecule has 0 aromatic rings. The summed E-state index contributed by atoms with van der Waals surface area (Å²) < 4.78 is 5.18. The summed E-state index contributed by atoms with van der Waals surface area (Å²) in [6, 6.07) is 0. The standard InChI is InChI=1S/C22H42O2/c1-4-5-6-7-8-9-10-11-12-13-14-15-16-17-18-19-22(23)24-20-21(2)3/h5-6,21H,4,7-20H2,1-3H3/b6-5+. The van der Waals surface area contributed by atoms with Gasteiger partial charge in [0.15, 0.2) is 0 Å². The number of allylic oxidation sites excluding steroid dienone is 2. The third-order valence-corrected chi connectivity index (χ3v) is 4.23. The van der Waals surface area contributed by atoms with Crippen molar-refractivity contribution >= 4 is 5.97 Å². The lowest BCUT2D eigenvalue weighted by atomic mass is 10.0. The molecule has 0 saturated heterocycles. The lowest BCUT2D eigenvalue weighted by molar-refractivity contribution is -0.144. The van der Waals surface area contributed by atoms with Crippen LogP contribution in [-0.2, 0) is 9.53 Å². The summed E-state index contributed by atoms with van der Waals surface area (Å²) >= 11 is 0. The van der Waals surface area contributed by atoms with Gasteiger partial charge in [-0.25, -0.2) is 0 Å². The van der Waals surface area contributed by atoms with Crippen molar-refractivity contribution in [1.82, 2.24) is 0 Å². The minimum Gasteiger partial charge on any atom is -0.465 e. The fourth-order valence-corrected chi connectivity index (χ4v) is 2.74. The predicted molar refractivity (Wildman–Crippen MR) is 105 cm³/mol. The van der Waals surface area contributed by atoms with Gasteiger partial charge < -0.3 is 4.74 Å². The second-order valence-electron chi connectivity index (χ2n) is 7.38. The van der Waals surface area contributed by atoms with Crippen LogP contribution in [0.3, 0.4) is 0 Å². The van der Waals surface area contributed by atoms with Crippen molar-refractivity contribution in [1.29, 1.82) is 0 Å². The molecular formula is C22H42O2. The molecule has 0 fully saturated rings. The number of unbranched alkanes of at least 4 members (excludes halogenated alkanes) is 11. The molecule has 0 radical (unpaired) electrons. The van der Waals surface area contributed by atoms with Gasteiger partial charge in [-0.05, 0) is 31.6 Å². The highest BCUT2D eigenvalue weighted by Crippen LogP contribution is 2.13. The number of esters is 1. The molecule has 0 N–H and O–H groups in total. The number of ether oxygens (including phenoxy) is 1. The van der Waals surface area contributed by atoms with E-state index in [1.54, 1.807) is 0 Å². The van der Waals surface area contributed by atoms with E-state index in [-0.39, 0.29) is 5.97 Å². The highest BCUT2D eigenvalue weighted by molar-refractivity contribution is 5.69. The maximum Gasteiger partial charge on any atom is 0.305 e. The van der Waals surface area contributed by atoms with E-state index >= 15 is 0 Å². The zero-order valence-electron chi connectivity index (χ0n) is 16.7. The van der Waals surface area contributed by atoms with E-state index in [9.17, 15) is 4.79 Å². The lowest BCUT2D eigenvalue weighted by Gasteiger charge is -2.07. The van der Waals surface area contributed by atoms with Gasteiger partial charge in [0.25, 0.3) is 0 Å². The van der Waals surface area contributed by atoms with Gasteiger partial charge >= 0.3 is 5.97 Å². The number of carbonyl (C=O) groups is 1. The van der Waals surface area contributed by atoms with E-state index in [1.807, 2.05) is 0 Å². The first-order valence-electron chi connectivity index (χ1n) is 10.5. The zero-order valence-corrected chi connectivity index (χ0v) is 16.7. The fraction of sp³-hybridized carbons (Fsp3) is 0.864. The molecule has 0 aliphatic heterocycles. The Kier molecular flexibility index (Phi) is 17.9. The normalized spacial score (nSPS) is 11.5. The van der Waals surface area contributed by atoms with Crippen LogP contribution in [0, 0.1) is 5.92 Å². The molecule has 0 bridgehead atoms. The summed E-state index contributed by atoms with van der Waals surface area (Å²) in [4.78, 5) is 11.5. The average Bonchev–Trinajstić information content (AvgIpc) is 2.56. The van der Waals surface area contributed by atoms with Crippen molar-refractivity contribution in [3.05, 3.63) is 12.2 Å². The minimum atomic E-state index is -0.0196. The predicted octanol–water partition coefficient (Wildman–Crippen LogP) is 7.22. The Labute approximate surface area is 151 Å². The van der Waals surface area contributed by atoms with E-state index in [4.69, 9.17) is 4.74 Å². The molecule has 24 heavy (non-hydrogen) atoms. The minimum absolute atomic E-state index is 0.0196. The first-order chi connectivity index (χ1) is 11.7. The Hall–Kier alpha value is -0.790. The van der Waals surface area contributed by atoms with E-state index in [1.165, 1.54) is 77.0 Å². The van der Waals surface area contributed by atoms with Crippen LogP contribution >= 0.6 is 0 Å². The van der Waals surface area contributed by atoms with Crippen LogP contribution in [0.2, 0.25) is 0 Å². The molecule has 142 valence electrons. The third-order valence-electron chi connectivity index (χ3n) is 4.23. The maximum atomic E-state index is 11.5. The summed E-state index contributed by atoms with van der Waals surface area (Å²) in [6.07, 6.45) is 22.1. The van der Waals surface area contributed by atoms with Gasteiger partial charge in [0.2, 0.25) is 0 Å². The molecule has 0 aromatic heterocycles. The van der Waals surface area contributed by atoms with Crippen LogP contribution in [0.15, 0.2) is 12.2 Å². The van der Waals surface area contributed by atoms with Crippen LogP contribution in [0.1, 0.15) is 111 Å². The summed E-state index contributed by atoms with van der Waals surface area (Å²) in [5.41, 5.74) is 0. The molecular weight excluding hydrogens is 296 g/mol. The van der Waals surface area contributed by atoms with E-state index < -0.39 is 0 Å². The Balaban J connectivity index is 3.12. The fourth-order valence-electron chi connectivity index (χ4n) is 2.74. The van der Waals surface area contributed by atoms with Crippen LogP contribution in [0.4, 0.5) is 0 Å². The van der Waals surface area contributed by atoms with Crippen LogP contribution in [-0.4, -0.2) is 12.6 Å². The second kappa shape index (κ2) is 18.5. The quantitative estimate of drug-likeness (QED) is 0.159. The van der Waals surface area contributed by atoms with Gasteiger partial charge in [-0.3, -0.25) is 4.79 Å². The van der Waals surface area contributed by atoms with Crippen molar-refractivity contribution in [2.75, 3.05) is 6.61 Å². The average molecular weight is 339 g/mol. The Morgan fingerprint density at radius 2 is 1.29 bits per heavy atom. The molecule has 0 rings (SSSR count). The Morgan fingerprint density at radius 1 is 0.792 bits per heavy atom. The summed E-state index contributed by atoms with van der Waals surface area (Å²) in [5.74, 6) is 0.417. The van der Waals surface area contributed by atoms with Crippen LogP contribution < -0.4 is 0 Å². The van der Waals surface area contributed by atoms with Gasteiger partial charge in [-0.15, -0.1) is 0 Å². The van der Waals surface area contributed by atoms with E-state index in [0.717, 1.165) is 6.42 Å². The number of hydrogen-bond donors (Lipinski definition) is 0. The summed E-state index contributed by atoms with van der Waals surface area (Å²) in [7, 11) is 0. The molecule has 0 spiro atoms. The zero-order chi connectivity index (χ0) is 17.9. The topological polar surface area (TPSA) is 26.3 Å². The highest BCUT2D eigenvalue weighted by Gasteiger charge is 2.03. The molecule has 0 aliphatic carbocycles. The first-order valence-corrected chi connectivity index (χ1v) is 10.5. The van der Waals surface area contributed by atoms with Crippen molar-refractivity contribution in [2.45, 2.75) is 111 Å². The van der Waals surface area contributed by atoms with Crippen LogP contribution in [0.5, 0.6) is 0 Å². The SMILES string of the molecule is CC/C=C/CCCCCCCCCCCCCC(=O)OCC(C)C. The molecule has 0 unspecified atom stereocenters. The van der Waals surface area contributed by atoms with Gasteiger partial charge in [0, 0.05) is 6.42 Å². The molecule has 0 aliphatic rings. The number of rotatable bonds is 17. The summed E-state index contributed by atoms with van der Waals surface area (Å²) in [5, 5.41) is 0. The van der Waals surface area contributed by atoms with E-state index in [0.29, 0.717) is 18.9 Å². The molecule has 0 heterocycles. The Morgan fingerprint density at radius 3 is 1.79 bits per heavy atom. The lowest BCUT2D eigenvalue weighted by Crippen LogP contribution is -2.09.